The van der Waals surface area contributed by atoms with Crippen LogP contribution in [0.5, 0.6) is 0 Å². The Balaban J connectivity index is 1.96. The molecule has 4 heteroatoms. The molecule has 1 aliphatic carbocycles. The number of methoxy groups -OCH3 is 1. The summed E-state index contributed by atoms with van der Waals surface area (Å²) in [5.41, 5.74) is 0. The zero-order valence-electron chi connectivity index (χ0n) is 8.73. The summed E-state index contributed by atoms with van der Waals surface area (Å²) in [6.07, 6.45) is 5.86. The van der Waals surface area contributed by atoms with Crippen molar-refractivity contribution in [3.05, 3.63) is 12.3 Å². The molecule has 1 aromatic heterocycles. The molecule has 1 aromatic rings. The average Bonchev–Trinajstić information content (AvgIpc) is 2.76. The first-order valence-electron chi connectivity index (χ1n) is 5.08. The molecule has 4 nitrogen and oxygen atoms in total. The summed E-state index contributed by atoms with van der Waals surface area (Å²) in [4.78, 5) is 0. The van der Waals surface area contributed by atoms with E-state index in [2.05, 4.69) is 10.4 Å². The molecule has 2 atom stereocenters. The Labute approximate surface area is 84.3 Å². The number of hydrogen-bond acceptors (Lipinski definition) is 3. The Morgan fingerprint density at radius 1 is 1.57 bits per heavy atom. The summed E-state index contributed by atoms with van der Waals surface area (Å²) in [5, 5.41) is 7.70. The van der Waals surface area contributed by atoms with Gasteiger partial charge in [-0.25, -0.2) is 0 Å². The number of aromatic nitrogens is 2. The van der Waals surface area contributed by atoms with Crippen LogP contribution in [0.3, 0.4) is 0 Å². The number of nitrogens with one attached hydrogen (secondary N) is 1. The molecule has 0 saturated heterocycles. The predicted octanol–water partition coefficient (Wildman–Crippen LogP) is 1.40. The first-order chi connectivity index (χ1) is 6.79. The van der Waals surface area contributed by atoms with Crippen LogP contribution in [0.25, 0.3) is 0 Å². The van der Waals surface area contributed by atoms with E-state index in [1.165, 1.54) is 12.8 Å². The van der Waals surface area contributed by atoms with Gasteiger partial charge in [-0.3, -0.25) is 4.68 Å². The quantitative estimate of drug-likeness (QED) is 0.792. The number of rotatable bonds is 3. The molecule has 2 rings (SSSR count). The lowest BCUT2D eigenvalue weighted by atomic mass is 10.2. The van der Waals surface area contributed by atoms with Crippen LogP contribution in [0.15, 0.2) is 12.3 Å². The van der Waals surface area contributed by atoms with Crippen molar-refractivity contribution in [2.45, 2.75) is 31.4 Å². The molecule has 0 bridgehead atoms. The van der Waals surface area contributed by atoms with E-state index in [1.807, 2.05) is 19.3 Å². The van der Waals surface area contributed by atoms with Crippen molar-refractivity contribution in [2.75, 3.05) is 12.4 Å². The minimum Gasteiger partial charge on any atom is -0.379 e. The number of anilines is 1. The van der Waals surface area contributed by atoms with Crippen molar-refractivity contribution in [3.8, 4) is 0 Å². The molecule has 1 saturated carbocycles. The van der Waals surface area contributed by atoms with Gasteiger partial charge in [0.25, 0.3) is 0 Å². The Morgan fingerprint density at radius 3 is 3.07 bits per heavy atom. The van der Waals surface area contributed by atoms with Crippen LogP contribution in [0.2, 0.25) is 0 Å². The van der Waals surface area contributed by atoms with Gasteiger partial charge >= 0.3 is 0 Å². The minimum absolute atomic E-state index is 0.344. The van der Waals surface area contributed by atoms with Crippen molar-refractivity contribution in [1.82, 2.24) is 9.78 Å². The Kier molecular flexibility index (Phi) is 2.72. The molecule has 14 heavy (non-hydrogen) atoms. The smallest absolute Gasteiger partial charge is 0.148 e. The van der Waals surface area contributed by atoms with Gasteiger partial charge < -0.3 is 10.1 Å². The number of ether oxygens (including phenoxy) is 1. The van der Waals surface area contributed by atoms with E-state index in [0.29, 0.717) is 12.1 Å². The van der Waals surface area contributed by atoms with E-state index in [0.717, 1.165) is 12.2 Å². The van der Waals surface area contributed by atoms with Crippen molar-refractivity contribution < 1.29 is 4.74 Å². The standard InChI is InChI=1S/C10H17N3O/c1-13-7-6-10(12-13)11-8-4-3-5-9(8)14-2/h6-9H,3-5H2,1-2H3,(H,11,12). The van der Waals surface area contributed by atoms with Crippen LogP contribution >= 0.6 is 0 Å². The maximum absolute atomic E-state index is 5.41. The first kappa shape index (κ1) is 9.52. The van der Waals surface area contributed by atoms with E-state index < -0.39 is 0 Å². The molecule has 0 aliphatic heterocycles. The van der Waals surface area contributed by atoms with Crippen LogP contribution in [0, 0.1) is 0 Å². The number of nitrogens with zero attached hydrogens (tertiary/aromatic N) is 2. The first-order valence-corrected chi connectivity index (χ1v) is 5.08. The van der Waals surface area contributed by atoms with Crippen LogP contribution in [-0.2, 0) is 11.8 Å². The van der Waals surface area contributed by atoms with Gasteiger partial charge in [-0.05, 0) is 19.3 Å². The van der Waals surface area contributed by atoms with E-state index in [9.17, 15) is 0 Å². The molecule has 0 spiro atoms. The van der Waals surface area contributed by atoms with Gasteiger partial charge in [0.05, 0.1) is 12.1 Å². The Hall–Kier alpha value is -1.03. The van der Waals surface area contributed by atoms with Crippen molar-refractivity contribution in [1.29, 1.82) is 0 Å². The fourth-order valence-corrected chi connectivity index (χ4v) is 2.06. The van der Waals surface area contributed by atoms with Gasteiger partial charge in [0.15, 0.2) is 0 Å². The summed E-state index contributed by atoms with van der Waals surface area (Å²) < 4.78 is 7.21. The van der Waals surface area contributed by atoms with Crippen LogP contribution in [0.4, 0.5) is 5.82 Å². The average molecular weight is 195 g/mol. The molecule has 1 aliphatic rings. The normalized spacial score (nSPS) is 26.7. The third kappa shape index (κ3) is 1.90. The lowest BCUT2D eigenvalue weighted by Crippen LogP contribution is -2.29. The van der Waals surface area contributed by atoms with Gasteiger partial charge in [-0.1, -0.05) is 0 Å². The summed E-state index contributed by atoms with van der Waals surface area (Å²) in [6.45, 7) is 0. The van der Waals surface area contributed by atoms with Crippen molar-refractivity contribution >= 4 is 5.82 Å². The van der Waals surface area contributed by atoms with Gasteiger partial charge in [-0.15, -0.1) is 0 Å². The van der Waals surface area contributed by atoms with Gasteiger partial charge in [-0.2, -0.15) is 5.10 Å². The van der Waals surface area contributed by atoms with E-state index in [4.69, 9.17) is 4.74 Å². The van der Waals surface area contributed by atoms with Crippen LogP contribution in [0.1, 0.15) is 19.3 Å². The lowest BCUT2D eigenvalue weighted by molar-refractivity contribution is 0.101. The highest BCUT2D eigenvalue weighted by Gasteiger charge is 2.27. The molecule has 1 N–H and O–H groups in total. The fraction of sp³-hybridized carbons (Fsp3) is 0.700. The van der Waals surface area contributed by atoms with Gasteiger partial charge in [0.1, 0.15) is 5.82 Å². The second-order valence-electron chi connectivity index (χ2n) is 3.83. The fourth-order valence-electron chi connectivity index (χ4n) is 2.06. The second-order valence-corrected chi connectivity index (χ2v) is 3.83. The summed E-state index contributed by atoms with van der Waals surface area (Å²) in [5.74, 6) is 0.946. The van der Waals surface area contributed by atoms with E-state index >= 15 is 0 Å². The summed E-state index contributed by atoms with van der Waals surface area (Å²) >= 11 is 0. The molecule has 0 aromatic carbocycles. The topological polar surface area (TPSA) is 39.1 Å². The highest BCUT2D eigenvalue weighted by atomic mass is 16.5. The van der Waals surface area contributed by atoms with E-state index in [1.54, 1.807) is 11.8 Å². The second kappa shape index (κ2) is 4.00. The molecular weight excluding hydrogens is 178 g/mol. The minimum atomic E-state index is 0.344. The zero-order chi connectivity index (χ0) is 9.97. The van der Waals surface area contributed by atoms with Gasteiger partial charge in [0, 0.05) is 26.4 Å². The SMILES string of the molecule is COC1CCCC1Nc1ccn(C)n1. The maximum atomic E-state index is 5.41. The third-order valence-electron chi connectivity index (χ3n) is 2.80. The van der Waals surface area contributed by atoms with E-state index in [-0.39, 0.29) is 0 Å². The number of aryl methyl sites for hydroxylation is 1. The molecule has 2 unspecified atom stereocenters. The highest BCUT2D eigenvalue weighted by molar-refractivity contribution is 5.34. The van der Waals surface area contributed by atoms with Crippen molar-refractivity contribution in [3.63, 3.8) is 0 Å². The lowest BCUT2D eigenvalue weighted by Gasteiger charge is -2.18. The third-order valence-corrected chi connectivity index (χ3v) is 2.80. The van der Waals surface area contributed by atoms with Gasteiger partial charge in [0.2, 0.25) is 0 Å². The summed E-state index contributed by atoms with van der Waals surface area (Å²) in [7, 11) is 3.71. The van der Waals surface area contributed by atoms with Crippen LogP contribution in [-0.4, -0.2) is 29.0 Å². The monoisotopic (exact) mass is 195 g/mol. The zero-order valence-corrected chi connectivity index (χ0v) is 8.73. The molecule has 78 valence electrons. The van der Waals surface area contributed by atoms with Crippen molar-refractivity contribution in [2.24, 2.45) is 7.05 Å². The molecule has 1 fully saturated rings. The van der Waals surface area contributed by atoms with Crippen LogP contribution < -0.4 is 5.32 Å². The highest BCUT2D eigenvalue weighted by Crippen LogP contribution is 2.24. The largest absolute Gasteiger partial charge is 0.379 e. The maximum Gasteiger partial charge on any atom is 0.148 e. The molecule has 0 radical (unpaired) electrons. The Morgan fingerprint density at radius 2 is 2.43 bits per heavy atom. The number of hydrogen-bond donors (Lipinski definition) is 1. The molecule has 1 heterocycles. The predicted molar refractivity (Wildman–Crippen MR) is 55.3 cm³/mol. The molecular formula is C10H17N3O. The summed E-state index contributed by atoms with van der Waals surface area (Å²) in [6, 6.07) is 2.42. The molecule has 0 amide bonds. The Bertz CT molecular complexity index is 297.